The van der Waals surface area contributed by atoms with Crippen molar-refractivity contribution in [1.82, 2.24) is 25.1 Å². The van der Waals surface area contributed by atoms with E-state index in [9.17, 15) is 8.42 Å². The fourth-order valence-corrected chi connectivity index (χ4v) is 8.05. The van der Waals surface area contributed by atoms with Crippen LogP contribution in [0.2, 0.25) is 0 Å². The number of aromatic nitrogens is 4. The number of nitrogens with one attached hydrogen (secondary N) is 1. The van der Waals surface area contributed by atoms with Crippen molar-refractivity contribution in [3.8, 4) is 22.4 Å². The van der Waals surface area contributed by atoms with Crippen LogP contribution in [-0.2, 0) is 22.7 Å². The van der Waals surface area contributed by atoms with E-state index in [1.54, 1.807) is 12.1 Å². The highest BCUT2D eigenvalue weighted by Gasteiger charge is 2.36. The zero-order valence-corrected chi connectivity index (χ0v) is 22.5. The number of pyridine rings is 2. The van der Waals surface area contributed by atoms with Crippen molar-refractivity contribution < 1.29 is 8.42 Å². The van der Waals surface area contributed by atoms with Crippen LogP contribution in [0.15, 0.2) is 53.7 Å². The number of H-pyrrole nitrogens is 1. The van der Waals surface area contributed by atoms with E-state index in [-0.39, 0.29) is 5.25 Å². The van der Waals surface area contributed by atoms with Gasteiger partial charge in [0.1, 0.15) is 5.69 Å². The second-order valence-corrected chi connectivity index (χ2v) is 13.5. The van der Waals surface area contributed by atoms with Gasteiger partial charge in [0.15, 0.2) is 15.5 Å². The summed E-state index contributed by atoms with van der Waals surface area (Å²) in [5.74, 6) is 0. The molecule has 0 bridgehead atoms. The molecule has 7 nitrogen and oxygen atoms in total. The number of aromatic amines is 1. The SMILES string of the molecule is C[C@@H]1CCCN1C1CCc2cc(-c3cnc4[nH]nc(-c5ccc(S(=O)(=O)C6CC6)cc5)c4c3)cnc2CC1. The lowest BCUT2D eigenvalue weighted by Crippen LogP contribution is -2.37. The molecule has 1 saturated carbocycles. The molecular weight excluding hydrogens is 494 g/mol. The molecule has 1 N–H and O–H groups in total. The maximum atomic E-state index is 12.6. The van der Waals surface area contributed by atoms with Crippen molar-refractivity contribution in [2.75, 3.05) is 6.54 Å². The number of hydrogen-bond acceptors (Lipinski definition) is 6. The van der Waals surface area contributed by atoms with Crippen molar-refractivity contribution in [3.05, 3.63) is 60.0 Å². The molecule has 3 aliphatic rings. The van der Waals surface area contributed by atoms with Crippen LogP contribution < -0.4 is 0 Å². The summed E-state index contributed by atoms with van der Waals surface area (Å²) in [5, 5.41) is 8.25. The predicted molar refractivity (Wildman–Crippen MR) is 149 cm³/mol. The van der Waals surface area contributed by atoms with Crippen molar-refractivity contribution in [1.29, 1.82) is 0 Å². The molecule has 196 valence electrons. The lowest BCUT2D eigenvalue weighted by Gasteiger charge is -2.30. The van der Waals surface area contributed by atoms with E-state index in [2.05, 4.69) is 39.1 Å². The maximum Gasteiger partial charge on any atom is 0.181 e. The van der Waals surface area contributed by atoms with Crippen LogP contribution in [0.25, 0.3) is 33.4 Å². The first kappa shape index (κ1) is 24.0. The number of nitrogens with zero attached hydrogens (tertiary/aromatic N) is 4. The summed E-state index contributed by atoms with van der Waals surface area (Å²) in [5.41, 5.74) is 7.03. The van der Waals surface area contributed by atoms with E-state index in [1.165, 1.54) is 43.5 Å². The summed E-state index contributed by atoms with van der Waals surface area (Å²) in [6, 6.07) is 12.9. The molecule has 2 atom stereocenters. The average Bonchev–Trinajstić information content (AvgIpc) is 3.65. The molecule has 2 fully saturated rings. The minimum atomic E-state index is -3.21. The van der Waals surface area contributed by atoms with Crippen molar-refractivity contribution in [2.24, 2.45) is 0 Å². The number of benzene rings is 1. The van der Waals surface area contributed by atoms with Gasteiger partial charge < -0.3 is 0 Å². The van der Waals surface area contributed by atoms with E-state index in [1.807, 2.05) is 24.5 Å². The molecule has 0 spiro atoms. The van der Waals surface area contributed by atoms with Crippen LogP contribution in [0.4, 0.5) is 0 Å². The molecular formula is C30H33N5O2S. The van der Waals surface area contributed by atoms with Gasteiger partial charge in [0.25, 0.3) is 0 Å². The van der Waals surface area contributed by atoms with Gasteiger partial charge in [-0.1, -0.05) is 12.1 Å². The van der Waals surface area contributed by atoms with E-state index in [0.717, 1.165) is 53.5 Å². The molecule has 0 radical (unpaired) electrons. The number of rotatable bonds is 5. The number of hydrogen-bond donors (Lipinski definition) is 1. The highest BCUT2D eigenvalue weighted by molar-refractivity contribution is 7.92. The molecule has 8 heteroatoms. The minimum absolute atomic E-state index is 0.212. The third-order valence-corrected chi connectivity index (χ3v) is 11.0. The zero-order valence-electron chi connectivity index (χ0n) is 21.7. The first-order chi connectivity index (χ1) is 18.5. The molecule has 0 amide bonds. The topological polar surface area (TPSA) is 91.8 Å². The van der Waals surface area contributed by atoms with Crippen molar-refractivity contribution >= 4 is 20.9 Å². The summed E-state index contributed by atoms with van der Waals surface area (Å²) in [4.78, 5) is 12.7. The number of sulfone groups is 1. The Bertz CT molecular complexity index is 1610. The average molecular weight is 528 g/mol. The molecule has 2 aliphatic carbocycles. The monoisotopic (exact) mass is 527 g/mol. The summed E-state index contributed by atoms with van der Waals surface area (Å²) in [6.45, 7) is 3.61. The van der Waals surface area contributed by atoms with Gasteiger partial charge in [-0.15, -0.1) is 0 Å². The third kappa shape index (κ3) is 4.24. The smallest absolute Gasteiger partial charge is 0.181 e. The second-order valence-electron chi connectivity index (χ2n) is 11.3. The molecule has 38 heavy (non-hydrogen) atoms. The fourth-order valence-electron chi connectivity index (χ4n) is 6.39. The van der Waals surface area contributed by atoms with Gasteiger partial charge in [0, 0.05) is 52.2 Å². The lowest BCUT2D eigenvalue weighted by atomic mass is 10.0. The Kier molecular flexibility index (Phi) is 5.85. The van der Waals surface area contributed by atoms with Crippen LogP contribution in [-0.4, -0.2) is 57.4 Å². The highest BCUT2D eigenvalue weighted by atomic mass is 32.2. The summed E-state index contributed by atoms with van der Waals surface area (Å²) < 4.78 is 25.2. The molecule has 1 saturated heterocycles. The summed E-state index contributed by atoms with van der Waals surface area (Å²) in [7, 11) is -3.21. The van der Waals surface area contributed by atoms with Gasteiger partial charge in [0.05, 0.1) is 10.1 Å². The molecule has 1 aliphatic heterocycles. The largest absolute Gasteiger partial charge is 0.298 e. The first-order valence-corrected chi connectivity index (χ1v) is 15.4. The zero-order chi connectivity index (χ0) is 25.9. The molecule has 3 aromatic heterocycles. The molecule has 4 heterocycles. The quantitative estimate of drug-likeness (QED) is 0.352. The van der Waals surface area contributed by atoms with Crippen LogP contribution in [0.1, 0.15) is 56.7 Å². The standard InChI is InChI=1S/C30H33N5O2S/c1-19-3-2-14-35(19)24-7-4-21-15-22(17-31-28(21)13-8-24)23-16-27-29(33-34-30(27)32-18-23)20-5-9-25(10-6-20)38(36,37)26-11-12-26/h5-6,9-10,15-19,24,26H,2-4,7-8,11-14H2,1H3,(H,32,33,34)/t19-,24?/m1/s1. The number of aryl methyl sites for hydroxylation is 2. The number of fused-ring (bicyclic) bond motifs is 2. The predicted octanol–water partition coefficient (Wildman–Crippen LogP) is 5.35. The Morgan fingerprint density at radius 2 is 1.66 bits per heavy atom. The van der Waals surface area contributed by atoms with Gasteiger partial charge in [-0.3, -0.25) is 15.0 Å². The Labute approximate surface area is 223 Å². The van der Waals surface area contributed by atoms with Gasteiger partial charge in [-0.25, -0.2) is 13.4 Å². The Balaban J connectivity index is 1.16. The summed E-state index contributed by atoms with van der Waals surface area (Å²) >= 11 is 0. The normalized spacial score (nSPS) is 22.4. The van der Waals surface area contributed by atoms with E-state index in [0.29, 0.717) is 22.6 Å². The van der Waals surface area contributed by atoms with E-state index in [4.69, 9.17) is 4.98 Å². The third-order valence-electron chi connectivity index (χ3n) is 8.76. The van der Waals surface area contributed by atoms with Crippen LogP contribution >= 0.6 is 0 Å². The van der Waals surface area contributed by atoms with Crippen LogP contribution in [0, 0.1) is 0 Å². The van der Waals surface area contributed by atoms with Gasteiger partial charge in [-0.05, 0) is 94.7 Å². The molecule has 1 unspecified atom stereocenters. The Hall–Kier alpha value is -3.10. The summed E-state index contributed by atoms with van der Waals surface area (Å²) in [6.07, 6.45) is 12.5. The minimum Gasteiger partial charge on any atom is -0.298 e. The lowest BCUT2D eigenvalue weighted by molar-refractivity contribution is 0.173. The van der Waals surface area contributed by atoms with Crippen LogP contribution in [0.5, 0.6) is 0 Å². The molecule has 7 rings (SSSR count). The Morgan fingerprint density at radius 3 is 2.42 bits per heavy atom. The second kappa shape index (κ2) is 9.27. The first-order valence-electron chi connectivity index (χ1n) is 13.9. The van der Waals surface area contributed by atoms with Gasteiger partial charge >= 0.3 is 0 Å². The van der Waals surface area contributed by atoms with Gasteiger partial charge in [0.2, 0.25) is 0 Å². The maximum absolute atomic E-state index is 12.6. The molecule has 1 aromatic carbocycles. The van der Waals surface area contributed by atoms with Gasteiger partial charge in [-0.2, -0.15) is 5.10 Å². The fraction of sp³-hybridized carbons (Fsp3) is 0.433. The van der Waals surface area contributed by atoms with E-state index >= 15 is 0 Å². The van der Waals surface area contributed by atoms with Crippen molar-refractivity contribution in [2.45, 2.75) is 80.5 Å². The number of likely N-dealkylation sites (tertiary alicyclic amines) is 1. The molecule has 4 aromatic rings. The van der Waals surface area contributed by atoms with Crippen LogP contribution in [0.3, 0.4) is 0 Å². The Morgan fingerprint density at radius 1 is 0.895 bits per heavy atom. The highest BCUT2D eigenvalue weighted by Crippen LogP contribution is 2.36. The van der Waals surface area contributed by atoms with E-state index < -0.39 is 9.84 Å². The van der Waals surface area contributed by atoms with Crippen molar-refractivity contribution in [3.63, 3.8) is 0 Å².